The zero-order valence-electron chi connectivity index (χ0n) is 14.8. The quantitative estimate of drug-likeness (QED) is 0.608. The third kappa shape index (κ3) is 3.35. The molecule has 0 spiro atoms. The van der Waals surface area contributed by atoms with Crippen molar-refractivity contribution in [1.82, 2.24) is 0 Å². The van der Waals surface area contributed by atoms with Crippen molar-refractivity contribution in [2.45, 2.75) is 26.4 Å². The summed E-state index contributed by atoms with van der Waals surface area (Å²) in [5.41, 5.74) is 1.58. The van der Waals surface area contributed by atoms with Crippen molar-refractivity contribution < 1.29 is 18.7 Å². The Balaban J connectivity index is 1.69. The van der Waals surface area contributed by atoms with Crippen molar-refractivity contribution in [1.29, 1.82) is 0 Å². The van der Waals surface area contributed by atoms with E-state index in [1.54, 1.807) is 12.1 Å². The molecule has 1 N–H and O–H groups in total. The monoisotopic (exact) mass is 405 g/mol. The molecule has 1 aliphatic heterocycles. The number of ether oxygens (including phenoxy) is 2. The normalized spacial score (nSPS) is 15.5. The minimum absolute atomic E-state index is 0.0902. The molecule has 1 amide bonds. The van der Waals surface area contributed by atoms with Crippen LogP contribution in [0.5, 0.6) is 11.5 Å². The predicted molar refractivity (Wildman–Crippen MR) is 106 cm³/mol. The lowest BCUT2D eigenvalue weighted by molar-refractivity contribution is 0.103. The molecule has 1 aliphatic rings. The van der Waals surface area contributed by atoms with Gasteiger partial charge in [0.1, 0.15) is 28.3 Å². The van der Waals surface area contributed by atoms with Crippen LogP contribution in [0.25, 0.3) is 10.1 Å². The molecule has 0 aliphatic carbocycles. The summed E-state index contributed by atoms with van der Waals surface area (Å²) in [6.45, 7) is 4.35. The van der Waals surface area contributed by atoms with Crippen LogP contribution in [-0.4, -0.2) is 18.6 Å². The van der Waals surface area contributed by atoms with E-state index >= 15 is 0 Å². The van der Waals surface area contributed by atoms with Gasteiger partial charge in [-0.2, -0.15) is 0 Å². The number of anilines is 1. The maximum atomic E-state index is 13.5. The minimum atomic E-state index is -0.367. The SMILES string of the molecule is CCOc1cc2c(cc1NC(=O)c1sc3cc(F)ccc3c1Cl)O[C@@H](C)C2. The molecule has 3 aromatic rings. The second-order valence-electron chi connectivity index (χ2n) is 6.36. The van der Waals surface area contributed by atoms with Gasteiger partial charge in [-0.25, -0.2) is 4.39 Å². The van der Waals surface area contributed by atoms with Gasteiger partial charge in [-0.3, -0.25) is 4.79 Å². The first-order valence-electron chi connectivity index (χ1n) is 8.61. The maximum absolute atomic E-state index is 13.5. The van der Waals surface area contributed by atoms with Crippen molar-refractivity contribution in [2.75, 3.05) is 11.9 Å². The number of fused-ring (bicyclic) bond motifs is 2. The average Bonchev–Trinajstić information content (AvgIpc) is 3.14. The molecule has 0 saturated heterocycles. The van der Waals surface area contributed by atoms with E-state index < -0.39 is 0 Å². The molecule has 1 aromatic heterocycles. The smallest absolute Gasteiger partial charge is 0.267 e. The van der Waals surface area contributed by atoms with Crippen LogP contribution in [0.3, 0.4) is 0 Å². The Bertz CT molecular complexity index is 1050. The molecular formula is C20H17ClFNO3S. The van der Waals surface area contributed by atoms with Gasteiger partial charge in [-0.15, -0.1) is 11.3 Å². The van der Waals surface area contributed by atoms with Crippen LogP contribution in [0.15, 0.2) is 30.3 Å². The van der Waals surface area contributed by atoms with Crippen LogP contribution in [0.2, 0.25) is 5.02 Å². The molecule has 4 nitrogen and oxygen atoms in total. The highest BCUT2D eigenvalue weighted by atomic mass is 35.5. The number of halogens is 2. The van der Waals surface area contributed by atoms with E-state index in [9.17, 15) is 9.18 Å². The molecule has 0 fully saturated rings. The van der Waals surface area contributed by atoms with Crippen LogP contribution in [0, 0.1) is 5.82 Å². The Morgan fingerprint density at radius 1 is 1.41 bits per heavy atom. The van der Waals surface area contributed by atoms with E-state index in [0.29, 0.717) is 38.0 Å². The second-order valence-corrected chi connectivity index (χ2v) is 7.79. The number of carbonyl (C=O) groups excluding carboxylic acids is 1. The lowest BCUT2D eigenvalue weighted by atomic mass is 10.1. The predicted octanol–water partition coefficient (Wildman–Crippen LogP) is 5.67. The van der Waals surface area contributed by atoms with Crippen LogP contribution in [-0.2, 0) is 6.42 Å². The summed E-state index contributed by atoms with van der Waals surface area (Å²) in [6, 6.07) is 7.97. The fourth-order valence-electron chi connectivity index (χ4n) is 3.18. The van der Waals surface area contributed by atoms with Crippen LogP contribution in [0.1, 0.15) is 29.1 Å². The van der Waals surface area contributed by atoms with Crippen LogP contribution in [0.4, 0.5) is 10.1 Å². The summed E-state index contributed by atoms with van der Waals surface area (Å²) in [5.74, 6) is 0.598. The molecule has 2 aromatic carbocycles. The van der Waals surface area contributed by atoms with E-state index in [4.69, 9.17) is 21.1 Å². The van der Waals surface area contributed by atoms with Crippen molar-refractivity contribution in [2.24, 2.45) is 0 Å². The van der Waals surface area contributed by atoms with Crippen molar-refractivity contribution in [3.8, 4) is 11.5 Å². The van der Waals surface area contributed by atoms with E-state index in [1.807, 2.05) is 19.9 Å². The van der Waals surface area contributed by atoms with Gasteiger partial charge in [0, 0.05) is 28.1 Å². The maximum Gasteiger partial charge on any atom is 0.267 e. The number of carbonyl (C=O) groups is 1. The van der Waals surface area contributed by atoms with Gasteiger partial charge in [-0.1, -0.05) is 11.6 Å². The number of nitrogens with one attached hydrogen (secondary N) is 1. The van der Waals surface area contributed by atoms with Gasteiger partial charge in [0.05, 0.1) is 17.3 Å². The number of benzene rings is 2. The third-order valence-corrected chi connectivity index (χ3v) is 6.00. The highest BCUT2D eigenvalue weighted by Gasteiger charge is 2.24. The molecule has 4 rings (SSSR count). The zero-order valence-corrected chi connectivity index (χ0v) is 16.3. The molecule has 0 radical (unpaired) electrons. The first-order chi connectivity index (χ1) is 13.0. The minimum Gasteiger partial charge on any atom is -0.492 e. The molecule has 0 saturated carbocycles. The fourth-order valence-corrected chi connectivity index (χ4v) is 4.61. The van der Waals surface area contributed by atoms with Gasteiger partial charge >= 0.3 is 0 Å². The second kappa shape index (κ2) is 7.02. The number of amides is 1. The molecule has 2 heterocycles. The summed E-state index contributed by atoms with van der Waals surface area (Å²) in [4.78, 5) is 13.2. The summed E-state index contributed by atoms with van der Waals surface area (Å²) < 4.78 is 25.6. The number of rotatable bonds is 4. The lowest BCUT2D eigenvalue weighted by Crippen LogP contribution is -2.12. The number of hydrogen-bond donors (Lipinski definition) is 1. The Morgan fingerprint density at radius 3 is 3.00 bits per heavy atom. The van der Waals surface area contributed by atoms with Gasteiger partial charge in [0.2, 0.25) is 0 Å². The molecule has 7 heteroatoms. The van der Waals surface area contributed by atoms with Gasteiger partial charge in [-0.05, 0) is 38.1 Å². The Morgan fingerprint density at radius 2 is 2.22 bits per heavy atom. The average molecular weight is 406 g/mol. The molecule has 140 valence electrons. The molecule has 27 heavy (non-hydrogen) atoms. The highest BCUT2D eigenvalue weighted by molar-refractivity contribution is 7.21. The lowest BCUT2D eigenvalue weighted by Gasteiger charge is -2.13. The molecule has 1 atom stereocenters. The van der Waals surface area contributed by atoms with Crippen molar-refractivity contribution in [3.63, 3.8) is 0 Å². The van der Waals surface area contributed by atoms with Crippen LogP contribution >= 0.6 is 22.9 Å². The Kier molecular flexibility index (Phi) is 4.70. The summed E-state index contributed by atoms with van der Waals surface area (Å²) in [6.07, 6.45) is 0.893. The largest absolute Gasteiger partial charge is 0.492 e. The highest BCUT2D eigenvalue weighted by Crippen LogP contribution is 2.40. The van der Waals surface area contributed by atoms with E-state index in [-0.39, 0.29) is 17.8 Å². The van der Waals surface area contributed by atoms with E-state index in [2.05, 4.69) is 5.32 Å². The zero-order chi connectivity index (χ0) is 19.1. The van der Waals surface area contributed by atoms with Gasteiger partial charge in [0.15, 0.2) is 0 Å². The van der Waals surface area contributed by atoms with Crippen molar-refractivity contribution >= 4 is 44.6 Å². The van der Waals surface area contributed by atoms with Gasteiger partial charge in [0.25, 0.3) is 5.91 Å². The Labute approximate surface area is 164 Å². The first-order valence-corrected chi connectivity index (χ1v) is 9.81. The van der Waals surface area contributed by atoms with Crippen LogP contribution < -0.4 is 14.8 Å². The Hall–Kier alpha value is -2.31. The molecular weight excluding hydrogens is 389 g/mol. The summed E-state index contributed by atoms with van der Waals surface area (Å²) in [5, 5.41) is 3.83. The van der Waals surface area contributed by atoms with E-state index in [1.165, 1.54) is 12.1 Å². The molecule has 0 bridgehead atoms. The summed E-state index contributed by atoms with van der Waals surface area (Å²) >= 11 is 7.51. The van der Waals surface area contributed by atoms with Crippen molar-refractivity contribution in [3.05, 3.63) is 51.6 Å². The third-order valence-electron chi connectivity index (χ3n) is 4.34. The van der Waals surface area contributed by atoms with E-state index in [0.717, 1.165) is 29.1 Å². The summed E-state index contributed by atoms with van der Waals surface area (Å²) in [7, 11) is 0. The fraction of sp³-hybridized carbons (Fsp3) is 0.250. The van der Waals surface area contributed by atoms with Gasteiger partial charge < -0.3 is 14.8 Å². The number of thiophene rings is 1. The topological polar surface area (TPSA) is 47.6 Å². The first kappa shape index (κ1) is 18.1. The number of hydrogen-bond acceptors (Lipinski definition) is 4. The standard InChI is InChI=1S/C20H17ClFNO3S/c1-3-25-16-7-11-6-10(2)26-15(11)9-14(16)23-20(24)19-18(21)13-5-4-12(22)8-17(13)27-19/h4-5,7-10H,3,6H2,1-2H3,(H,23,24)/t10-/m0/s1. The molecule has 0 unspecified atom stereocenters.